The van der Waals surface area contributed by atoms with Crippen molar-refractivity contribution in [2.75, 3.05) is 16.8 Å². The van der Waals surface area contributed by atoms with Gasteiger partial charge in [0.2, 0.25) is 5.91 Å². The number of carboxylic acids is 1. The highest BCUT2D eigenvalue weighted by atomic mass is 32.2. The fourth-order valence-electron chi connectivity index (χ4n) is 1.07. The molecule has 4 N–H and O–H groups in total. The number of carbonyl (C=O) groups excluding carboxylic acids is 1. The lowest BCUT2D eigenvalue weighted by Gasteiger charge is -2.06. The number of hydrogen-bond acceptors (Lipinski definition) is 4. The molecule has 0 saturated carbocycles. The van der Waals surface area contributed by atoms with Crippen LogP contribution in [0.1, 0.15) is 0 Å². The van der Waals surface area contributed by atoms with E-state index in [1.807, 2.05) is 18.2 Å². The van der Waals surface area contributed by atoms with Gasteiger partial charge in [-0.1, -0.05) is 18.2 Å². The zero-order chi connectivity index (χ0) is 12.7. The first-order valence-corrected chi connectivity index (χ1v) is 6.16. The average Bonchev–Trinajstić information content (AvgIpc) is 2.30. The largest absolute Gasteiger partial charge is 0.480 e. The van der Waals surface area contributed by atoms with Crippen LogP contribution in [0.4, 0.5) is 5.69 Å². The van der Waals surface area contributed by atoms with Gasteiger partial charge in [-0.2, -0.15) is 0 Å². The van der Waals surface area contributed by atoms with Crippen molar-refractivity contribution in [1.29, 1.82) is 0 Å². The maximum absolute atomic E-state index is 11.4. The molecular formula is C11H14N2O3S. The van der Waals surface area contributed by atoms with E-state index in [1.165, 1.54) is 11.8 Å². The average molecular weight is 254 g/mol. The van der Waals surface area contributed by atoms with Crippen LogP contribution in [-0.2, 0) is 9.59 Å². The maximum Gasteiger partial charge on any atom is 0.321 e. The molecule has 17 heavy (non-hydrogen) atoms. The molecule has 0 spiro atoms. The van der Waals surface area contributed by atoms with Gasteiger partial charge in [0.25, 0.3) is 0 Å². The van der Waals surface area contributed by atoms with Gasteiger partial charge in [0.15, 0.2) is 0 Å². The van der Waals surface area contributed by atoms with E-state index in [0.29, 0.717) is 0 Å². The minimum Gasteiger partial charge on any atom is -0.480 e. The summed E-state index contributed by atoms with van der Waals surface area (Å²) in [7, 11) is 0. The van der Waals surface area contributed by atoms with Crippen LogP contribution in [0.15, 0.2) is 30.3 Å². The number of nitrogens with two attached hydrogens (primary N) is 1. The second-order valence-corrected chi connectivity index (χ2v) is 4.40. The Bertz CT molecular complexity index is 384. The number of carbonyl (C=O) groups is 2. The van der Waals surface area contributed by atoms with Gasteiger partial charge < -0.3 is 16.2 Å². The van der Waals surface area contributed by atoms with Crippen LogP contribution < -0.4 is 11.1 Å². The third kappa shape index (κ3) is 5.37. The smallest absolute Gasteiger partial charge is 0.321 e. The number of benzene rings is 1. The first-order valence-electron chi connectivity index (χ1n) is 5.00. The predicted octanol–water partition coefficient (Wildman–Crippen LogP) is 0.770. The van der Waals surface area contributed by atoms with Crippen LogP contribution in [-0.4, -0.2) is 34.5 Å². The molecule has 0 fully saturated rings. The molecule has 0 saturated heterocycles. The Morgan fingerprint density at radius 1 is 1.35 bits per heavy atom. The number of rotatable bonds is 6. The van der Waals surface area contributed by atoms with Crippen LogP contribution in [0.25, 0.3) is 0 Å². The van der Waals surface area contributed by atoms with Crippen molar-refractivity contribution < 1.29 is 14.7 Å². The van der Waals surface area contributed by atoms with Gasteiger partial charge in [0, 0.05) is 11.4 Å². The van der Waals surface area contributed by atoms with Gasteiger partial charge in [0.1, 0.15) is 6.04 Å². The Balaban J connectivity index is 2.25. The molecule has 0 radical (unpaired) electrons. The summed E-state index contributed by atoms with van der Waals surface area (Å²) >= 11 is 1.20. The normalized spacial score (nSPS) is 11.8. The lowest BCUT2D eigenvalue weighted by molar-refractivity contribution is -0.137. The maximum atomic E-state index is 11.4. The summed E-state index contributed by atoms with van der Waals surface area (Å²) < 4.78 is 0. The Kier molecular flexibility index (Phi) is 5.51. The molecule has 0 unspecified atom stereocenters. The molecule has 0 aliphatic heterocycles. The van der Waals surface area contributed by atoms with E-state index in [2.05, 4.69) is 5.32 Å². The highest BCUT2D eigenvalue weighted by Crippen LogP contribution is 2.07. The molecular weight excluding hydrogens is 240 g/mol. The molecule has 0 bridgehead atoms. The molecule has 0 aromatic heterocycles. The van der Waals surface area contributed by atoms with E-state index < -0.39 is 12.0 Å². The van der Waals surface area contributed by atoms with E-state index in [1.54, 1.807) is 12.1 Å². The van der Waals surface area contributed by atoms with Gasteiger partial charge >= 0.3 is 5.97 Å². The fraction of sp³-hybridized carbons (Fsp3) is 0.273. The summed E-state index contributed by atoms with van der Waals surface area (Å²) in [5.41, 5.74) is 6.03. The zero-order valence-electron chi connectivity index (χ0n) is 9.13. The first kappa shape index (κ1) is 13.5. The van der Waals surface area contributed by atoms with Crippen molar-refractivity contribution in [1.82, 2.24) is 0 Å². The molecule has 5 nitrogen and oxygen atoms in total. The SMILES string of the molecule is N[C@H](CSCC(=O)Nc1ccccc1)C(=O)O. The molecule has 1 aromatic rings. The number of aliphatic carboxylic acids is 1. The lowest BCUT2D eigenvalue weighted by Crippen LogP contribution is -2.33. The van der Waals surface area contributed by atoms with Crippen molar-refractivity contribution >= 4 is 29.3 Å². The Labute approximate surface area is 103 Å². The lowest BCUT2D eigenvalue weighted by atomic mass is 10.3. The summed E-state index contributed by atoms with van der Waals surface area (Å²) in [5.74, 6) is -0.812. The summed E-state index contributed by atoms with van der Waals surface area (Å²) in [4.78, 5) is 21.9. The second-order valence-electron chi connectivity index (χ2n) is 3.37. The summed E-state index contributed by atoms with van der Waals surface area (Å²) in [6, 6.07) is 8.14. The number of carboxylic acid groups (broad SMARTS) is 1. The topological polar surface area (TPSA) is 92.4 Å². The van der Waals surface area contributed by atoms with Gasteiger partial charge in [-0.15, -0.1) is 11.8 Å². The number of hydrogen-bond donors (Lipinski definition) is 3. The number of para-hydroxylation sites is 1. The van der Waals surface area contributed by atoms with Crippen LogP contribution in [0.5, 0.6) is 0 Å². The minimum atomic E-state index is -1.05. The standard InChI is InChI=1S/C11H14N2O3S/c12-9(11(15)16)6-17-7-10(14)13-8-4-2-1-3-5-8/h1-5,9H,6-7,12H2,(H,13,14)(H,15,16)/t9-/m1/s1. The number of amides is 1. The summed E-state index contributed by atoms with van der Waals surface area (Å²) in [6.45, 7) is 0. The second kappa shape index (κ2) is 6.93. The van der Waals surface area contributed by atoms with Crippen LogP contribution in [0.3, 0.4) is 0 Å². The van der Waals surface area contributed by atoms with E-state index in [-0.39, 0.29) is 17.4 Å². The Morgan fingerprint density at radius 2 is 2.00 bits per heavy atom. The first-order chi connectivity index (χ1) is 8.09. The van der Waals surface area contributed by atoms with E-state index >= 15 is 0 Å². The van der Waals surface area contributed by atoms with Gasteiger partial charge in [-0.25, -0.2) is 0 Å². The van der Waals surface area contributed by atoms with Crippen LogP contribution >= 0.6 is 11.8 Å². The van der Waals surface area contributed by atoms with Gasteiger partial charge in [-0.05, 0) is 12.1 Å². The molecule has 0 heterocycles. The third-order valence-corrected chi connectivity index (χ3v) is 2.97. The molecule has 1 aromatic carbocycles. The van der Waals surface area contributed by atoms with E-state index in [4.69, 9.17) is 10.8 Å². The fourth-order valence-corrected chi connectivity index (χ4v) is 1.84. The van der Waals surface area contributed by atoms with Crippen LogP contribution in [0, 0.1) is 0 Å². The van der Waals surface area contributed by atoms with Crippen molar-refractivity contribution in [3.8, 4) is 0 Å². The molecule has 92 valence electrons. The monoisotopic (exact) mass is 254 g/mol. The van der Waals surface area contributed by atoms with E-state index in [0.717, 1.165) is 5.69 Å². The highest BCUT2D eigenvalue weighted by molar-refractivity contribution is 8.00. The van der Waals surface area contributed by atoms with Crippen molar-refractivity contribution in [3.63, 3.8) is 0 Å². The van der Waals surface area contributed by atoms with Crippen molar-refractivity contribution in [2.45, 2.75) is 6.04 Å². The van der Waals surface area contributed by atoms with E-state index in [9.17, 15) is 9.59 Å². The summed E-state index contributed by atoms with van der Waals surface area (Å²) in [6.07, 6.45) is 0. The predicted molar refractivity (Wildman–Crippen MR) is 68.0 cm³/mol. The molecule has 6 heteroatoms. The minimum absolute atomic E-state index is 0.168. The molecule has 1 atom stereocenters. The number of anilines is 1. The Morgan fingerprint density at radius 3 is 2.59 bits per heavy atom. The zero-order valence-corrected chi connectivity index (χ0v) is 9.94. The highest BCUT2D eigenvalue weighted by Gasteiger charge is 2.12. The molecule has 0 aliphatic carbocycles. The quantitative estimate of drug-likeness (QED) is 0.697. The molecule has 1 amide bonds. The van der Waals surface area contributed by atoms with Crippen LogP contribution in [0.2, 0.25) is 0 Å². The van der Waals surface area contributed by atoms with Gasteiger partial charge in [-0.3, -0.25) is 9.59 Å². The molecule has 1 rings (SSSR count). The van der Waals surface area contributed by atoms with Crippen molar-refractivity contribution in [3.05, 3.63) is 30.3 Å². The Hall–Kier alpha value is -1.53. The summed E-state index contributed by atoms with van der Waals surface area (Å²) in [5, 5.41) is 11.2. The van der Waals surface area contributed by atoms with Gasteiger partial charge in [0.05, 0.1) is 5.75 Å². The molecule has 0 aliphatic rings. The van der Waals surface area contributed by atoms with Crippen molar-refractivity contribution in [2.24, 2.45) is 5.73 Å². The number of nitrogens with one attached hydrogen (secondary N) is 1. The third-order valence-electron chi connectivity index (χ3n) is 1.91. The number of thioether (sulfide) groups is 1.